The number of carbonyl (C=O) groups excluding carboxylic acids is 1. The second-order valence-electron chi connectivity index (χ2n) is 5.08. The van der Waals surface area contributed by atoms with E-state index in [-0.39, 0.29) is 11.9 Å². The van der Waals surface area contributed by atoms with E-state index in [0.29, 0.717) is 17.2 Å². The molecule has 1 amide bonds. The molecule has 2 N–H and O–H groups in total. The number of para-hydroxylation sites is 1. The average Bonchev–Trinajstić information content (AvgIpc) is 3.09. The minimum absolute atomic E-state index is 0.0602. The van der Waals surface area contributed by atoms with Gasteiger partial charge < -0.3 is 10.6 Å². The van der Waals surface area contributed by atoms with Crippen LogP contribution in [0, 0.1) is 5.92 Å². The van der Waals surface area contributed by atoms with Crippen LogP contribution < -0.4 is 5.73 Å². The first-order chi connectivity index (χ1) is 8.09. The van der Waals surface area contributed by atoms with E-state index in [2.05, 4.69) is 13.8 Å². The zero-order chi connectivity index (χ0) is 12.4. The number of anilines is 1. The normalized spacial score (nSPS) is 15.0. The van der Waals surface area contributed by atoms with Gasteiger partial charge in [-0.05, 0) is 44.7 Å². The minimum atomic E-state index is 0.0602. The first kappa shape index (κ1) is 12.0. The number of nitrogens with two attached hydrogens (primary N) is 1. The number of hydrogen-bond donors (Lipinski definition) is 1. The molecule has 2 rings (SSSR count). The maximum Gasteiger partial charge on any atom is 0.256 e. The lowest BCUT2D eigenvalue weighted by atomic mass is 10.1. The smallest absolute Gasteiger partial charge is 0.256 e. The van der Waals surface area contributed by atoms with Gasteiger partial charge in [0.2, 0.25) is 0 Å². The molecule has 1 saturated carbocycles. The number of nitrogen functional groups attached to an aromatic ring is 1. The number of carbonyl (C=O) groups is 1. The summed E-state index contributed by atoms with van der Waals surface area (Å²) in [6, 6.07) is 7.53. The summed E-state index contributed by atoms with van der Waals surface area (Å²) in [7, 11) is 0. The van der Waals surface area contributed by atoms with Crippen LogP contribution in [0.25, 0.3) is 0 Å². The highest BCUT2D eigenvalue weighted by molar-refractivity contribution is 5.99. The predicted octanol–water partition coefficient (Wildman–Crippen LogP) is 2.53. The van der Waals surface area contributed by atoms with Crippen molar-refractivity contribution in [3.05, 3.63) is 29.8 Å². The Balaban J connectivity index is 2.18. The topological polar surface area (TPSA) is 46.3 Å². The molecular formula is C14H20N2O. The van der Waals surface area contributed by atoms with E-state index in [9.17, 15) is 4.79 Å². The molecule has 0 saturated heterocycles. The molecule has 0 unspecified atom stereocenters. The molecule has 1 aliphatic carbocycles. The highest BCUT2D eigenvalue weighted by Gasteiger charge is 2.29. The monoisotopic (exact) mass is 232 g/mol. The first-order valence-corrected chi connectivity index (χ1v) is 6.25. The lowest BCUT2D eigenvalue weighted by Crippen LogP contribution is -2.38. The van der Waals surface area contributed by atoms with Gasteiger partial charge in [-0.25, -0.2) is 0 Å². The van der Waals surface area contributed by atoms with E-state index in [0.717, 1.165) is 6.54 Å². The highest BCUT2D eigenvalue weighted by Crippen LogP contribution is 2.31. The lowest BCUT2D eigenvalue weighted by molar-refractivity contribution is 0.0697. The third-order valence-corrected chi connectivity index (χ3v) is 3.23. The Bertz CT molecular complexity index is 410. The number of hydrogen-bond acceptors (Lipinski definition) is 2. The Morgan fingerprint density at radius 1 is 1.41 bits per heavy atom. The number of amides is 1. The number of benzene rings is 1. The molecule has 1 fully saturated rings. The summed E-state index contributed by atoms with van der Waals surface area (Å²) < 4.78 is 0. The second kappa shape index (κ2) is 4.78. The van der Waals surface area contributed by atoms with E-state index in [1.54, 1.807) is 12.1 Å². The van der Waals surface area contributed by atoms with Crippen molar-refractivity contribution in [2.45, 2.75) is 32.7 Å². The van der Waals surface area contributed by atoms with Gasteiger partial charge in [-0.15, -0.1) is 0 Å². The molecule has 0 heterocycles. The summed E-state index contributed by atoms with van der Waals surface area (Å²) in [5.41, 5.74) is 7.05. The van der Waals surface area contributed by atoms with Crippen LogP contribution in [-0.4, -0.2) is 23.4 Å². The van der Waals surface area contributed by atoms with Crippen molar-refractivity contribution in [2.24, 2.45) is 5.92 Å². The van der Waals surface area contributed by atoms with Gasteiger partial charge in [0.15, 0.2) is 0 Å². The fourth-order valence-corrected chi connectivity index (χ4v) is 1.95. The molecule has 0 radical (unpaired) electrons. The fraction of sp³-hybridized carbons (Fsp3) is 0.500. The SMILES string of the molecule is CC(C)N(CC1CC1)C(=O)c1ccccc1N. The number of nitrogens with zero attached hydrogens (tertiary/aromatic N) is 1. The molecule has 17 heavy (non-hydrogen) atoms. The van der Waals surface area contributed by atoms with Gasteiger partial charge in [-0.2, -0.15) is 0 Å². The minimum Gasteiger partial charge on any atom is -0.398 e. The molecule has 0 spiro atoms. The summed E-state index contributed by atoms with van der Waals surface area (Å²) in [5, 5.41) is 0. The molecule has 0 aromatic heterocycles. The average molecular weight is 232 g/mol. The Morgan fingerprint density at radius 3 is 2.59 bits per heavy atom. The zero-order valence-electron chi connectivity index (χ0n) is 10.5. The van der Waals surface area contributed by atoms with E-state index >= 15 is 0 Å². The van der Waals surface area contributed by atoms with Crippen molar-refractivity contribution >= 4 is 11.6 Å². The van der Waals surface area contributed by atoms with E-state index in [1.165, 1.54) is 12.8 Å². The van der Waals surface area contributed by atoms with E-state index in [1.807, 2.05) is 17.0 Å². The van der Waals surface area contributed by atoms with Gasteiger partial charge >= 0.3 is 0 Å². The largest absolute Gasteiger partial charge is 0.398 e. The molecule has 0 aliphatic heterocycles. The van der Waals surface area contributed by atoms with Gasteiger partial charge in [0.25, 0.3) is 5.91 Å². The molecule has 92 valence electrons. The van der Waals surface area contributed by atoms with Crippen LogP contribution in [-0.2, 0) is 0 Å². The maximum absolute atomic E-state index is 12.4. The Morgan fingerprint density at radius 2 is 2.06 bits per heavy atom. The molecule has 1 aromatic rings. The lowest BCUT2D eigenvalue weighted by Gasteiger charge is -2.27. The van der Waals surface area contributed by atoms with Crippen molar-refractivity contribution in [2.75, 3.05) is 12.3 Å². The standard InChI is InChI=1S/C14H20N2O/c1-10(2)16(9-11-7-8-11)14(17)12-5-3-4-6-13(12)15/h3-6,10-11H,7-9,15H2,1-2H3. The van der Waals surface area contributed by atoms with Gasteiger partial charge in [0.1, 0.15) is 0 Å². The summed E-state index contributed by atoms with van der Waals surface area (Å²) >= 11 is 0. The second-order valence-corrected chi connectivity index (χ2v) is 5.08. The van der Waals surface area contributed by atoms with Crippen molar-refractivity contribution < 1.29 is 4.79 Å². The summed E-state index contributed by atoms with van der Waals surface area (Å²) in [6.07, 6.45) is 2.50. The molecule has 3 nitrogen and oxygen atoms in total. The molecular weight excluding hydrogens is 212 g/mol. The van der Waals surface area contributed by atoms with E-state index < -0.39 is 0 Å². The van der Waals surface area contributed by atoms with Crippen molar-refractivity contribution in [3.8, 4) is 0 Å². The molecule has 0 bridgehead atoms. The number of rotatable bonds is 4. The predicted molar refractivity (Wildman–Crippen MR) is 69.8 cm³/mol. The third kappa shape index (κ3) is 2.78. The third-order valence-electron chi connectivity index (χ3n) is 3.23. The molecule has 1 aliphatic rings. The fourth-order valence-electron chi connectivity index (χ4n) is 1.95. The van der Waals surface area contributed by atoms with Crippen molar-refractivity contribution in [1.82, 2.24) is 4.90 Å². The molecule has 1 aromatic carbocycles. The van der Waals surface area contributed by atoms with Gasteiger partial charge in [0, 0.05) is 18.3 Å². The Labute approximate surface area is 103 Å². The van der Waals surface area contributed by atoms with Crippen LogP contribution in [0.5, 0.6) is 0 Å². The van der Waals surface area contributed by atoms with Gasteiger partial charge in [-0.1, -0.05) is 12.1 Å². The van der Waals surface area contributed by atoms with Crippen LogP contribution in [0.2, 0.25) is 0 Å². The summed E-state index contributed by atoms with van der Waals surface area (Å²) in [6.45, 7) is 4.98. The first-order valence-electron chi connectivity index (χ1n) is 6.25. The Hall–Kier alpha value is -1.51. The van der Waals surface area contributed by atoms with Gasteiger partial charge in [-0.3, -0.25) is 4.79 Å². The summed E-state index contributed by atoms with van der Waals surface area (Å²) in [5.74, 6) is 0.760. The quantitative estimate of drug-likeness (QED) is 0.811. The van der Waals surface area contributed by atoms with Crippen LogP contribution in [0.15, 0.2) is 24.3 Å². The van der Waals surface area contributed by atoms with Crippen LogP contribution in [0.3, 0.4) is 0 Å². The zero-order valence-corrected chi connectivity index (χ0v) is 10.5. The van der Waals surface area contributed by atoms with Crippen LogP contribution >= 0.6 is 0 Å². The summed E-state index contributed by atoms with van der Waals surface area (Å²) in [4.78, 5) is 14.4. The maximum atomic E-state index is 12.4. The van der Waals surface area contributed by atoms with Gasteiger partial charge in [0.05, 0.1) is 5.56 Å². The van der Waals surface area contributed by atoms with Crippen molar-refractivity contribution in [3.63, 3.8) is 0 Å². The van der Waals surface area contributed by atoms with Crippen LogP contribution in [0.1, 0.15) is 37.0 Å². The molecule has 3 heteroatoms. The Kier molecular flexibility index (Phi) is 3.36. The van der Waals surface area contributed by atoms with Crippen LogP contribution in [0.4, 0.5) is 5.69 Å². The van der Waals surface area contributed by atoms with E-state index in [4.69, 9.17) is 5.73 Å². The van der Waals surface area contributed by atoms with Crippen molar-refractivity contribution in [1.29, 1.82) is 0 Å². The molecule has 0 atom stereocenters. The highest BCUT2D eigenvalue weighted by atomic mass is 16.2.